The van der Waals surface area contributed by atoms with Gasteiger partial charge in [0.05, 0.1) is 11.5 Å². The van der Waals surface area contributed by atoms with E-state index in [4.69, 9.17) is 5.73 Å². The Kier molecular flexibility index (Phi) is 3.48. The summed E-state index contributed by atoms with van der Waals surface area (Å²) in [6.07, 6.45) is 0.585. The third kappa shape index (κ3) is 3.03. The molecule has 1 aromatic rings. The first-order chi connectivity index (χ1) is 8.78. The van der Waals surface area contributed by atoms with Crippen LogP contribution in [-0.4, -0.2) is 62.1 Å². The lowest BCUT2D eigenvalue weighted by Gasteiger charge is -2.24. The molecule has 0 saturated carbocycles. The molecule has 9 heteroatoms. The molecule has 1 saturated heterocycles. The standard InChI is InChI=1S/C10H18N6O2S/c1-15(2)9-12-8(11)13-10(14-9)16(3)7-4-5-19(17,18)6-7/h7H,4-6H2,1-3H3,(H2,11,12,13,14). The molecule has 1 aromatic heterocycles. The molecule has 0 spiro atoms. The molecule has 2 heterocycles. The van der Waals surface area contributed by atoms with Crippen LogP contribution in [0.3, 0.4) is 0 Å². The Bertz CT molecular complexity index is 573. The summed E-state index contributed by atoms with van der Waals surface area (Å²) in [5.74, 6) is 1.32. The molecule has 0 radical (unpaired) electrons. The molecule has 1 aliphatic rings. The van der Waals surface area contributed by atoms with E-state index in [1.807, 2.05) is 0 Å². The van der Waals surface area contributed by atoms with Crippen molar-refractivity contribution in [1.29, 1.82) is 0 Å². The smallest absolute Gasteiger partial charge is 0.231 e. The zero-order valence-electron chi connectivity index (χ0n) is 11.2. The lowest BCUT2D eigenvalue weighted by molar-refractivity contribution is 0.600. The molecule has 0 bridgehead atoms. The Morgan fingerprint density at radius 2 is 1.79 bits per heavy atom. The fourth-order valence-corrected chi connectivity index (χ4v) is 3.75. The minimum absolute atomic E-state index is 0.109. The summed E-state index contributed by atoms with van der Waals surface area (Å²) < 4.78 is 23.0. The van der Waals surface area contributed by atoms with Crippen molar-refractivity contribution in [2.24, 2.45) is 0 Å². The lowest BCUT2D eigenvalue weighted by Crippen LogP contribution is -2.34. The summed E-state index contributed by atoms with van der Waals surface area (Å²) >= 11 is 0. The van der Waals surface area contributed by atoms with Gasteiger partial charge in [-0.05, 0) is 6.42 Å². The largest absolute Gasteiger partial charge is 0.368 e. The van der Waals surface area contributed by atoms with Crippen LogP contribution in [0.4, 0.5) is 17.8 Å². The third-order valence-electron chi connectivity index (χ3n) is 3.10. The van der Waals surface area contributed by atoms with Crippen LogP contribution in [0.25, 0.3) is 0 Å². The van der Waals surface area contributed by atoms with Crippen molar-refractivity contribution in [3.8, 4) is 0 Å². The highest BCUT2D eigenvalue weighted by molar-refractivity contribution is 7.91. The first-order valence-electron chi connectivity index (χ1n) is 5.90. The minimum Gasteiger partial charge on any atom is -0.368 e. The average molecular weight is 286 g/mol. The van der Waals surface area contributed by atoms with E-state index in [1.165, 1.54) is 0 Å². The maximum Gasteiger partial charge on any atom is 0.231 e. The van der Waals surface area contributed by atoms with E-state index in [0.29, 0.717) is 18.3 Å². The van der Waals surface area contributed by atoms with Gasteiger partial charge in [0.25, 0.3) is 0 Å². The fraction of sp³-hybridized carbons (Fsp3) is 0.700. The van der Waals surface area contributed by atoms with Gasteiger partial charge in [0.2, 0.25) is 17.8 Å². The van der Waals surface area contributed by atoms with Gasteiger partial charge in [-0.1, -0.05) is 0 Å². The summed E-state index contributed by atoms with van der Waals surface area (Å²) in [5.41, 5.74) is 5.65. The molecule has 2 N–H and O–H groups in total. The predicted octanol–water partition coefficient (Wildman–Crippen LogP) is -0.857. The minimum atomic E-state index is -2.94. The molecule has 8 nitrogen and oxygen atoms in total. The predicted molar refractivity (Wildman–Crippen MR) is 74.0 cm³/mol. The van der Waals surface area contributed by atoms with Crippen molar-refractivity contribution in [3.63, 3.8) is 0 Å². The van der Waals surface area contributed by atoms with E-state index in [2.05, 4.69) is 15.0 Å². The molecule has 0 amide bonds. The summed E-state index contributed by atoms with van der Waals surface area (Å²) in [6.45, 7) is 0. The van der Waals surface area contributed by atoms with E-state index < -0.39 is 9.84 Å². The summed E-state index contributed by atoms with van der Waals surface area (Å²) in [4.78, 5) is 15.8. The molecule has 2 rings (SSSR count). The molecule has 19 heavy (non-hydrogen) atoms. The zero-order chi connectivity index (χ0) is 14.2. The van der Waals surface area contributed by atoms with Crippen molar-refractivity contribution in [2.75, 3.05) is 48.2 Å². The van der Waals surface area contributed by atoms with Gasteiger partial charge in [0.15, 0.2) is 9.84 Å². The molecular formula is C10H18N6O2S. The number of hydrogen-bond donors (Lipinski definition) is 1. The molecule has 1 fully saturated rings. The Labute approximate surface area is 112 Å². The van der Waals surface area contributed by atoms with Crippen LogP contribution < -0.4 is 15.5 Å². The fourth-order valence-electron chi connectivity index (χ4n) is 1.97. The Morgan fingerprint density at radius 3 is 2.32 bits per heavy atom. The van der Waals surface area contributed by atoms with Crippen LogP contribution in [0.5, 0.6) is 0 Å². The van der Waals surface area contributed by atoms with E-state index >= 15 is 0 Å². The zero-order valence-corrected chi connectivity index (χ0v) is 12.1. The van der Waals surface area contributed by atoms with Crippen molar-refractivity contribution in [2.45, 2.75) is 12.5 Å². The van der Waals surface area contributed by atoms with Crippen molar-refractivity contribution in [1.82, 2.24) is 15.0 Å². The van der Waals surface area contributed by atoms with Gasteiger partial charge in [0, 0.05) is 27.2 Å². The van der Waals surface area contributed by atoms with Crippen LogP contribution in [0.2, 0.25) is 0 Å². The second kappa shape index (κ2) is 4.80. The maximum atomic E-state index is 11.5. The molecule has 1 atom stereocenters. The number of nitrogens with two attached hydrogens (primary N) is 1. The normalized spacial score (nSPS) is 21.3. The topological polar surface area (TPSA) is 105 Å². The maximum absolute atomic E-state index is 11.5. The summed E-state index contributed by atoms with van der Waals surface area (Å²) in [6, 6.07) is -0.109. The Morgan fingerprint density at radius 1 is 1.16 bits per heavy atom. The van der Waals surface area contributed by atoms with Gasteiger partial charge in [0.1, 0.15) is 0 Å². The van der Waals surface area contributed by atoms with Gasteiger partial charge in [-0.3, -0.25) is 0 Å². The van der Waals surface area contributed by atoms with Gasteiger partial charge < -0.3 is 15.5 Å². The van der Waals surface area contributed by atoms with E-state index in [9.17, 15) is 8.42 Å². The third-order valence-corrected chi connectivity index (χ3v) is 4.85. The summed E-state index contributed by atoms with van der Waals surface area (Å²) in [5, 5.41) is 0. The van der Waals surface area contributed by atoms with Gasteiger partial charge in [-0.25, -0.2) is 8.42 Å². The molecular weight excluding hydrogens is 268 g/mol. The van der Waals surface area contributed by atoms with E-state index in [-0.39, 0.29) is 23.5 Å². The van der Waals surface area contributed by atoms with Crippen LogP contribution in [0, 0.1) is 0 Å². The van der Waals surface area contributed by atoms with Gasteiger partial charge >= 0.3 is 0 Å². The monoisotopic (exact) mass is 286 g/mol. The number of hydrogen-bond acceptors (Lipinski definition) is 8. The number of anilines is 3. The Hall–Kier alpha value is -1.64. The second-order valence-corrected chi connectivity index (χ2v) is 7.08. The highest BCUT2D eigenvalue weighted by Gasteiger charge is 2.32. The number of aromatic nitrogens is 3. The average Bonchev–Trinajstić information content (AvgIpc) is 2.68. The quantitative estimate of drug-likeness (QED) is 0.765. The van der Waals surface area contributed by atoms with Crippen molar-refractivity contribution < 1.29 is 8.42 Å². The SMILES string of the molecule is CN(C)c1nc(N)nc(N(C)C2CCS(=O)(=O)C2)n1. The molecule has 1 aliphatic heterocycles. The van der Waals surface area contributed by atoms with Crippen LogP contribution >= 0.6 is 0 Å². The highest BCUT2D eigenvalue weighted by Crippen LogP contribution is 2.21. The summed E-state index contributed by atoms with van der Waals surface area (Å²) in [7, 11) is 2.45. The Balaban J connectivity index is 2.26. The molecule has 106 valence electrons. The lowest BCUT2D eigenvalue weighted by atomic mass is 10.2. The number of sulfone groups is 1. The number of rotatable bonds is 3. The van der Waals surface area contributed by atoms with Gasteiger partial charge in [-0.15, -0.1) is 0 Å². The molecule has 1 unspecified atom stereocenters. The van der Waals surface area contributed by atoms with Crippen molar-refractivity contribution >= 4 is 27.7 Å². The van der Waals surface area contributed by atoms with Gasteiger partial charge in [-0.2, -0.15) is 15.0 Å². The highest BCUT2D eigenvalue weighted by atomic mass is 32.2. The van der Waals surface area contributed by atoms with Crippen LogP contribution in [0.15, 0.2) is 0 Å². The number of nitrogens with zero attached hydrogens (tertiary/aromatic N) is 5. The van der Waals surface area contributed by atoms with Crippen LogP contribution in [0.1, 0.15) is 6.42 Å². The molecule has 0 aromatic carbocycles. The van der Waals surface area contributed by atoms with Crippen LogP contribution in [-0.2, 0) is 9.84 Å². The molecule has 0 aliphatic carbocycles. The van der Waals surface area contributed by atoms with Crippen molar-refractivity contribution in [3.05, 3.63) is 0 Å². The van der Waals surface area contributed by atoms with E-state index in [1.54, 1.807) is 30.9 Å². The first kappa shape index (κ1) is 13.8. The number of nitrogen functional groups attached to an aromatic ring is 1. The van der Waals surface area contributed by atoms with E-state index in [0.717, 1.165) is 0 Å². The first-order valence-corrected chi connectivity index (χ1v) is 7.73. The second-order valence-electron chi connectivity index (χ2n) is 4.86.